The zero-order chi connectivity index (χ0) is 17.2. The van der Waals surface area contributed by atoms with Crippen LogP contribution < -0.4 is 0 Å². The molecule has 0 radical (unpaired) electrons. The van der Waals surface area contributed by atoms with Gasteiger partial charge in [0.2, 0.25) is 0 Å². The van der Waals surface area contributed by atoms with Crippen LogP contribution in [0.15, 0.2) is 24.3 Å². The first-order valence-electron chi connectivity index (χ1n) is 9.39. The van der Waals surface area contributed by atoms with E-state index in [1.54, 1.807) is 0 Å². The number of aliphatic hydroxyl groups excluding tert-OH is 1. The van der Waals surface area contributed by atoms with E-state index in [9.17, 15) is 4.79 Å². The van der Waals surface area contributed by atoms with Crippen LogP contribution >= 0.6 is 0 Å². The van der Waals surface area contributed by atoms with Crippen LogP contribution in [0.5, 0.6) is 0 Å². The molecule has 3 nitrogen and oxygen atoms in total. The van der Waals surface area contributed by atoms with Gasteiger partial charge >= 0.3 is 5.97 Å². The average molecular weight is 325 g/mol. The molecule has 0 bridgehead atoms. The summed E-state index contributed by atoms with van der Waals surface area (Å²) in [5.74, 6) is -1.10. The Bertz CT molecular complexity index is 321. The molecule has 0 aliphatic heterocycles. The first-order valence-corrected chi connectivity index (χ1v) is 9.39. The van der Waals surface area contributed by atoms with Gasteiger partial charge in [-0.3, -0.25) is 0 Å². The smallest absolute Gasteiger partial charge is 0.332 e. The standard InChI is InChI=1S/C20H36O3/c1-2-3-4-5-6-7-8-9-10-11-12-13-14-15-16-17-18-19(21)20(22)23/h3-4,9-10,19,21H,2,5-8,11-18H2,1H3,(H,22,23). The molecule has 23 heavy (non-hydrogen) atoms. The van der Waals surface area contributed by atoms with E-state index < -0.39 is 12.1 Å². The Balaban J connectivity index is 3.19. The van der Waals surface area contributed by atoms with Gasteiger partial charge in [0.05, 0.1) is 0 Å². The van der Waals surface area contributed by atoms with Crippen molar-refractivity contribution < 1.29 is 15.0 Å². The average Bonchev–Trinajstić information content (AvgIpc) is 2.54. The molecule has 0 amide bonds. The number of hydrogen-bond donors (Lipinski definition) is 2. The molecule has 0 aromatic rings. The van der Waals surface area contributed by atoms with Gasteiger partial charge < -0.3 is 10.2 Å². The van der Waals surface area contributed by atoms with Crippen molar-refractivity contribution in [1.29, 1.82) is 0 Å². The second-order valence-corrected chi connectivity index (χ2v) is 6.19. The fraction of sp³-hybridized carbons (Fsp3) is 0.750. The van der Waals surface area contributed by atoms with Crippen molar-refractivity contribution in [2.75, 3.05) is 0 Å². The largest absolute Gasteiger partial charge is 0.479 e. The molecule has 0 spiro atoms. The third-order valence-corrected chi connectivity index (χ3v) is 3.94. The van der Waals surface area contributed by atoms with E-state index in [2.05, 4.69) is 31.2 Å². The summed E-state index contributed by atoms with van der Waals surface area (Å²) in [7, 11) is 0. The number of carbonyl (C=O) groups is 1. The van der Waals surface area contributed by atoms with Gasteiger partial charge in [-0.15, -0.1) is 0 Å². The fourth-order valence-electron chi connectivity index (χ4n) is 2.48. The lowest BCUT2D eigenvalue weighted by atomic mass is 10.1. The van der Waals surface area contributed by atoms with E-state index in [0.29, 0.717) is 6.42 Å². The molecule has 2 N–H and O–H groups in total. The topological polar surface area (TPSA) is 57.5 Å². The Morgan fingerprint density at radius 3 is 1.74 bits per heavy atom. The minimum Gasteiger partial charge on any atom is -0.479 e. The molecule has 0 saturated heterocycles. The molecule has 3 heteroatoms. The number of aliphatic carboxylic acids is 1. The van der Waals surface area contributed by atoms with Gasteiger partial charge in [-0.05, 0) is 51.4 Å². The summed E-state index contributed by atoms with van der Waals surface area (Å²) >= 11 is 0. The van der Waals surface area contributed by atoms with Crippen LogP contribution in [-0.4, -0.2) is 22.3 Å². The summed E-state index contributed by atoms with van der Waals surface area (Å²) < 4.78 is 0. The maximum absolute atomic E-state index is 10.4. The fourth-order valence-corrected chi connectivity index (χ4v) is 2.48. The summed E-state index contributed by atoms with van der Waals surface area (Å²) in [6.45, 7) is 2.17. The Morgan fingerprint density at radius 1 is 0.783 bits per heavy atom. The number of hydrogen-bond acceptors (Lipinski definition) is 2. The predicted molar refractivity (Wildman–Crippen MR) is 97.6 cm³/mol. The van der Waals surface area contributed by atoms with Crippen molar-refractivity contribution in [3.05, 3.63) is 24.3 Å². The maximum atomic E-state index is 10.4. The lowest BCUT2D eigenvalue weighted by Crippen LogP contribution is -2.18. The van der Waals surface area contributed by atoms with E-state index in [1.165, 1.54) is 51.4 Å². The third-order valence-electron chi connectivity index (χ3n) is 3.94. The van der Waals surface area contributed by atoms with Gasteiger partial charge in [-0.25, -0.2) is 4.79 Å². The zero-order valence-electron chi connectivity index (χ0n) is 14.9. The van der Waals surface area contributed by atoms with Crippen LogP contribution in [0.25, 0.3) is 0 Å². The number of carboxylic acids is 1. The van der Waals surface area contributed by atoms with Crippen LogP contribution in [-0.2, 0) is 4.79 Å². The summed E-state index contributed by atoms with van der Waals surface area (Å²) in [5.41, 5.74) is 0. The second-order valence-electron chi connectivity index (χ2n) is 6.19. The number of aliphatic hydroxyl groups is 1. The second kappa shape index (κ2) is 17.3. The summed E-state index contributed by atoms with van der Waals surface area (Å²) in [5, 5.41) is 17.7. The van der Waals surface area contributed by atoms with E-state index >= 15 is 0 Å². The Kier molecular flexibility index (Phi) is 16.4. The van der Waals surface area contributed by atoms with Gasteiger partial charge in [0, 0.05) is 0 Å². The number of carboxylic acid groups (broad SMARTS) is 1. The molecular formula is C20H36O3. The SMILES string of the molecule is CCC=CCCCCC=CCCCCCCCCC(O)C(=O)O. The molecule has 1 atom stereocenters. The molecule has 0 fully saturated rings. The van der Waals surface area contributed by atoms with Gasteiger partial charge in [0.15, 0.2) is 6.10 Å². The predicted octanol–water partition coefficient (Wildman–Crippen LogP) is 5.64. The van der Waals surface area contributed by atoms with Gasteiger partial charge in [-0.1, -0.05) is 63.3 Å². The Hall–Kier alpha value is -1.09. The summed E-state index contributed by atoms with van der Waals surface area (Å²) in [6, 6.07) is 0. The third kappa shape index (κ3) is 17.1. The quantitative estimate of drug-likeness (QED) is 0.285. The van der Waals surface area contributed by atoms with E-state index in [0.717, 1.165) is 25.7 Å². The Morgan fingerprint density at radius 2 is 1.22 bits per heavy atom. The summed E-state index contributed by atoms with van der Waals surface area (Å²) in [6.07, 6.45) is 22.3. The molecule has 0 aromatic carbocycles. The highest BCUT2D eigenvalue weighted by molar-refractivity contribution is 5.71. The van der Waals surface area contributed by atoms with E-state index in [4.69, 9.17) is 10.2 Å². The lowest BCUT2D eigenvalue weighted by Gasteiger charge is -2.04. The highest BCUT2D eigenvalue weighted by Gasteiger charge is 2.11. The van der Waals surface area contributed by atoms with E-state index in [-0.39, 0.29) is 0 Å². The molecule has 0 aliphatic carbocycles. The number of rotatable bonds is 16. The number of allylic oxidation sites excluding steroid dienone is 4. The molecule has 0 heterocycles. The van der Waals surface area contributed by atoms with Crippen LogP contribution in [0.3, 0.4) is 0 Å². The number of unbranched alkanes of at least 4 members (excludes halogenated alkanes) is 9. The lowest BCUT2D eigenvalue weighted by molar-refractivity contribution is -0.146. The van der Waals surface area contributed by atoms with Crippen LogP contribution in [0, 0.1) is 0 Å². The molecule has 134 valence electrons. The van der Waals surface area contributed by atoms with Crippen LogP contribution in [0.2, 0.25) is 0 Å². The zero-order valence-corrected chi connectivity index (χ0v) is 14.9. The first-order chi connectivity index (χ1) is 11.2. The molecule has 0 saturated carbocycles. The van der Waals surface area contributed by atoms with Crippen molar-refractivity contribution in [3.63, 3.8) is 0 Å². The maximum Gasteiger partial charge on any atom is 0.332 e. The molecule has 0 rings (SSSR count). The van der Waals surface area contributed by atoms with E-state index in [1.807, 2.05) is 0 Å². The molecular weight excluding hydrogens is 288 g/mol. The molecule has 1 unspecified atom stereocenters. The highest BCUT2D eigenvalue weighted by Crippen LogP contribution is 2.10. The van der Waals surface area contributed by atoms with Crippen molar-refractivity contribution in [2.24, 2.45) is 0 Å². The minimum atomic E-state index is -1.18. The van der Waals surface area contributed by atoms with Crippen molar-refractivity contribution in [3.8, 4) is 0 Å². The normalized spacial score (nSPS) is 13.1. The molecule has 0 aromatic heterocycles. The van der Waals surface area contributed by atoms with Crippen molar-refractivity contribution in [1.82, 2.24) is 0 Å². The Labute approximate surface area is 142 Å². The minimum absolute atomic E-state index is 0.381. The summed E-state index contributed by atoms with van der Waals surface area (Å²) in [4.78, 5) is 10.4. The first kappa shape index (κ1) is 21.9. The van der Waals surface area contributed by atoms with Crippen molar-refractivity contribution >= 4 is 5.97 Å². The van der Waals surface area contributed by atoms with Gasteiger partial charge in [-0.2, -0.15) is 0 Å². The van der Waals surface area contributed by atoms with Gasteiger partial charge in [0.1, 0.15) is 0 Å². The van der Waals surface area contributed by atoms with Crippen LogP contribution in [0.4, 0.5) is 0 Å². The highest BCUT2D eigenvalue weighted by atomic mass is 16.4. The van der Waals surface area contributed by atoms with Crippen LogP contribution in [0.1, 0.15) is 90.4 Å². The van der Waals surface area contributed by atoms with Crippen molar-refractivity contribution in [2.45, 2.75) is 96.5 Å². The monoisotopic (exact) mass is 324 g/mol. The van der Waals surface area contributed by atoms with Gasteiger partial charge in [0.25, 0.3) is 0 Å². The molecule has 0 aliphatic rings.